The van der Waals surface area contributed by atoms with E-state index >= 15 is 0 Å². The van der Waals surface area contributed by atoms with Crippen LogP contribution >= 0.6 is 11.3 Å². The van der Waals surface area contributed by atoms with Gasteiger partial charge in [0.2, 0.25) is 0 Å². The van der Waals surface area contributed by atoms with Crippen molar-refractivity contribution >= 4 is 22.9 Å². The van der Waals surface area contributed by atoms with E-state index < -0.39 is 0 Å². The molecule has 0 bridgehead atoms. The number of hydrogen-bond acceptors (Lipinski definition) is 4. The number of thiophene rings is 1. The Kier molecular flexibility index (Phi) is 6.23. The van der Waals surface area contributed by atoms with E-state index in [-0.39, 0.29) is 22.7 Å². The molecule has 1 aromatic carbocycles. The molecule has 0 radical (unpaired) electrons. The molecule has 1 fully saturated rings. The number of aromatic nitrogens is 1. The average molecular weight is 440 g/mol. The van der Waals surface area contributed by atoms with Crippen molar-refractivity contribution in [3.63, 3.8) is 0 Å². The van der Waals surface area contributed by atoms with Crippen LogP contribution in [-0.4, -0.2) is 41.6 Å². The smallest absolute Gasteiger partial charge is 0.259 e. The van der Waals surface area contributed by atoms with E-state index in [9.17, 15) is 14.0 Å². The third-order valence-corrected chi connectivity index (χ3v) is 6.69. The van der Waals surface area contributed by atoms with Crippen LogP contribution in [0.5, 0.6) is 0 Å². The molecule has 1 saturated heterocycles. The highest BCUT2D eigenvalue weighted by Gasteiger charge is 2.28. The highest BCUT2D eigenvalue weighted by Crippen LogP contribution is 2.22. The van der Waals surface area contributed by atoms with Crippen molar-refractivity contribution in [1.29, 1.82) is 0 Å². The van der Waals surface area contributed by atoms with Crippen LogP contribution in [0, 0.1) is 12.7 Å². The third-order valence-electron chi connectivity index (χ3n) is 5.83. The normalized spacial score (nSPS) is 14.2. The molecule has 0 aliphatic carbocycles. The van der Waals surface area contributed by atoms with Crippen molar-refractivity contribution in [1.82, 2.24) is 9.47 Å². The van der Waals surface area contributed by atoms with Crippen LogP contribution in [0.1, 0.15) is 33.5 Å². The number of benzene rings is 1. The van der Waals surface area contributed by atoms with Crippen LogP contribution in [0.25, 0.3) is 0 Å². The van der Waals surface area contributed by atoms with Crippen LogP contribution < -0.4 is 10.3 Å². The molecule has 3 aromatic rings. The maximum absolute atomic E-state index is 14.1. The van der Waals surface area contributed by atoms with E-state index in [1.807, 2.05) is 36.3 Å². The number of carbonyl (C=O) groups excluding carboxylic acids is 1. The second kappa shape index (κ2) is 9.06. The summed E-state index contributed by atoms with van der Waals surface area (Å²) in [5.74, 6) is -0.486. The highest BCUT2D eigenvalue weighted by atomic mass is 32.1. The Labute approximate surface area is 185 Å². The minimum Gasteiger partial charge on any atom is -0.366 e. The van der Waals surface area contributed by atoms with Crippen molar-refractivity contribution in [2.45, 2.75) is 26.8 Å². The lowest BCUT2D eigenvalue weighted by Crippen LogP contribution is -2.50. The Morgan fingerprint density at radius 2 is 1.84 bits per heavy atom. The molecule has 1 aliphatic heterocycles. The van der Waals surface area contributed by atoms with Gasteiger partial charge in [-0.05, 0) is 36.9 Å². The summed E-state index contributed by atoms with van der Waals surface area (Å²) >= 11 is 1.66. The van der Waals surface area contributed by atoms with Crippen LogP contribution in [0.2, 0.25) is 0 Å². The second-order valence-corrected chi connectivity index (χ2v) is 8.75. The Balaban J connectivity index is 1.59. The van der Waals surface area contributed by atoms with E-state index in [0.29, 0.717) is 44.8 Å². The molecule has 1 aliphatic rings. The van der Waals surface area contributed by atoms with Crippen molar-refractivity contribution < 1.29 is 9.18 Å². The second-order valence-electron chi connectivity index (χ2n) is 7.72. The fourth-order valence-electron chi connectivity index (χ4n) is 4.22. The molecule has 1 amide bonds. The number of nitrogens with zero attached hydrogens (tertiary/aromatic N) is 3. The van der Waals surface area contributed by atoms with Crippen molar-refractivity contribution in [3.8, 4) is 0 Å². The number of rotatable bonds is 5. The average Bonchev–Trinajstić information content (AvgIpc) is 3.28. The van der Waals surface area contributed by atoms with Gasteiger partial charge in [0.1, 0.15) is 11.4 Å². The highest BCUT2D eigenvalue weighted by molar-refractivity contribution is 7.09. The molecule has 7 heteroatoms. The number of anilines is 1. The molecular weight excluding hydrogens is 413 g/mol. The Morgan fingerprint density at radius 3 is 2.48 bits per heavy atom. The number of aryl methyl sites for hydroxylation is 1. The summed E-state index contributed by atoms with van der Waals surface area (Å²) in [5.41, 5.74) is 2.23. The first-order valence-electron chi connectivity index (χ1n) is 10.5. The monoisotopic (exact) mass is 439 g/mol. The van der Waals surface area contributed by atoms with Crippen molar-refractivity contribution in [3.05, 3.63) is 85.7 Å². The van der Waals surface area contributed by atoms with Gasteiger partial charge >= 0.3 is 0 Å². The predicted molar refractivity (Wildman–Crippen MR) is 123 cm³/mol. The third kappa shape index (κ3) is 4.28. The summed E-state index contributed by atoms with van der Waals surface area (Å²) in [4.78, 5) is 31.1. The Morgan fingerprint density at radius 1 is 1.10 bits per heavy atom. The van der Waals surface area contributed by atoms with Gasteiger partial charge in [0, 0.05) is 48.5 Å². The fraction of sp³-hybridized carbons (Fsp3) is 0.333. The van der Waals surface area contributed by atoms with Gasteiger partial charge in [0.05, 0.1) is 12.2 Å². The largest absolute Gasteiger partial charge is 0.366 e. The quantitative estimate of drug-likeness (QED) is 0.605. The Bertz CT molecular complexity index is 1130. The molecular formula is C24H26FN3O2S. The molecule has 0 spiro atoms. The first kappa shape index (κ1) is 21.3. The molecule has 2 aromatic heterocycles. The van der Waals surface area contributed by atoms with Gasteiger partial charge < -0.3 is 14.4 Å². The first-order chi connectivity index (χ1) is 15.0. The first-order valence-corrected chi connectivity index (χ1v) is 11.4. The lowest BCUT2D eigenvalue weighted by atomic mass is 10.1. The fourth-order valence-corrected chi connectivity index (χ4v) is 4.91. The van der Waals surface area contributed by atoms with E-state index in [1.165, 1.54) is 10.9 Å². The van der Waals surface area contributed by atoms with Gasteiger partial charge in [0.25, 0.3) is 5.91 Å². The van der Waals surface area contributed by atoms with E-state index in [2.05, 4.69) is 10.6 Å². The molecule has 162 valence electrons. The standard InChI is InChI=1S/C24H26FN3O2S/c1-3-20-23(22(29)15-17(2)28(20)16-18-7-6-14-31-18)24(30)27-12-10-26(11-13-27)21-9-5-4-8-19(21)25/h4-9,14-15H,3,10-13,16H2,1-2H3. The van der Waals surface area contributed by atoms with Crippen LogP contribution in [0.3, 0.4) is 0 Å². The van der Waals surface area contributed by atoms with Gasteiger partial charge in [-0.2, -0.15) is 0 Å². The number of para-hydroxylation sites is 1. The van der Waals surface area contributed by atoms with E-state index in [0.717, 1.165) is 11.4 Å². The number of amides is 1. The molecule has 0 N–H and O–H groups in total. The lowest BCUT2D eigenvalue weighted by Gasteiger charge is -2.36. The summed E-state index contributed by atoms with van der Waals surface area (Å²) in [7, 11) is 0. The van der Waals surface area contributed by atoms with Crippen molar-refractivity contribution in [2.75, 3.05) is 31.1 Å². The number of halogens is 1. The number of pyridine rings is 1. The van der Waals surface area contributed by atoms with Gasteiger partial charge in [-0.1, -0.05) is 25.1 Å². The molecule has 0 saturated carbocycles. The van der Waals surface area contributed by atoms with Gasteiger partial charge in [-0.3, -0.25) is 9.59 Å². The minimum absolute atomic E-state index is 0.224. The van der Waals surface area contributed by atoms with Crippen LogP contribution in [0.4, 0.5) is 10.1 Å². The zero-order valence-corrected chi connectivity index (χ0v) is 18.6. The minimum atomic E-state index is -0.259. The molecule has 0 unspecified atom stereocenters. The number of piperazine rings is 1. The predicted octanol–water partition coefficient (Wildman–Crippen LogP) is 3.93. The number of carbonyl (C=O) groups is 1. The molecule has 31 heavy (non-hydrogen) atoms. The van der Waals surface area contributed by atoms with E-state index in [4.69, 9.17) is 0 Å². The molecule has 3 heterocycles. The maximum Gasteiger partial charge on any atom is 0.259 e. The molecule has 4 rings (SSSR count). The van der Waals surface area contributed by atoms with Crippen LogP contribution in [-0.2, 0) is 13.0 Å². The topological polar surface area (TPSA) is 45.6 Å². The Hall–Kier alpha value is -2.93. The summed E-state index contributed by atoms with van der Waals surface area (Å²) in [6.07, 6.45) is 0.596. The summed E-state index contributed by atoms with van der Waals surface area (Å²) in [5, 5.41) is 2.03. The maximum atomic E-state index is 14.1. The number of hydrogen-bond donors (Lipinski definition) is 0. The van der Waals surface area contributed by atoms with Gasteiger partial charge in [0.15, 0.2) is 5.43 Å². The summed E-state index contributed by atoms with van der Waals surface area (Å²) < 4.78 is 16.2. The zero-order valence-electron chi connectivity index (χ0n) is 17.8. The lowest BCUT2D eigenvalue weighted by molar-refractivity contribution is 0.0743. The summed E-state index contributed by atoms with van der Waals surface area (Å²) in [6.45, 7) is 6.51. The van der Waals surface area contributed by atoms with Crippen molar-refractivity contribution in [2.24, 2.45) is 0 Å². The molecule has 0 atom stereocenters. The summed E-state index contributed by atoms with van der Waals surface area (Å²) in [6, 6.07) is 12.3. The van der Waals surface area contributed by atoms with Gasteiger partial charge in [-0.15, -0.1) is 11.3 Å². The SMILES string of the molecule is CCc1c(C(=O)N2CCN(c3ccccc3F)CC2)c(=O)cc(C)n1Cc1cccs1. The van der Waals surface area contributed by atoms with Gasteiger partial charge in [-0.25, -0.2) is 4.39 Å². The zero-order chi connectivity index (χ0) is 22.0. The molecule has 5 nitrogen and oxygen atoms in total. The van der Waals surface area contributed by atoms with Crippen LogP contribution in [0.15, 0.2) is 52.6 Å². The van der Waals surface area contributed by atoms with E-state index in [1.54, 1.807) is 34.4 Å².